The van der Waals surface area contributed by atoms with E-state index in [4.69, 9.17) is 18.9 Å². The molecule has 1 atom stereocenters. The Balaban J connectivity index is 0.000000159. The average Bonchev–Trinajstić information content (AvgIpc) is 1.59. The molecule has 0 bridgehead atoms. The number of sulfone groups is 4. The topological polar surface area (TPSA) is 401 Å². The van der Waals surface area contributed by atoms with Crippen LogP contribution in [0.3, 0.4) is 0 Å². The van der Waals surface area contributed by atoms with Gasteiger partial charge in [0.15, 0.2) is 54.4 Å². The number of pyridine rings is 4. The van der Waals surface area contributed by atoms with Crippen LogP contribution in [0.1, 0.15) is 214 Å². The molecule has 0 saturated carbocycles. The lowest BCUT2D eigenvalue weighted by Crippen LogP contribution is -2.47. The number of Topliss-reactive ketones (excluding diaryl/α,β-unsaturated/α-hetero) is 4. The molecule has 4 aliphatic rings. The summed E-state index contributed by atoms with van der Waals surface area (Å²) >= 11 is 0. The summed E-state index contributed by atoms with van der Waals surface area (Å²) in [5.74, 6) is -6.23. The molecule has 4 aromatic carbocycles. The van der Waals surface area contributed by atoms with Gasteiger partial charge in [0, 0.05) is 128 Å². The number of imidazole rings is 4. The van der Waals surface area contributed by atoms with Gasteiger partial charge in [-0.3, -0.25) is 46.6 Å². The lowest BCUT2D eigenvalue weighted by atomic mass is 9.78. The van der Waals surface area contributed by atoms with E-state index in [2.05, 4.69) is 19.9 Å². The van der Waals surface area contributed by atoms with Crippen LogP contribution in [0.2, 0.25) is 0 Å². The second kappa shape index (κ2) is 41.1. The molecule has 1 unspecified atom stereocenters. The molecule has 4 fully saturated rings. The van der Waals surface area contributed by atoms with Gasteiger partial charge in [-0.1, -0.05) is 27.7 Å². The summed E-state index contributed by atoms with van der Waals surface area (Å²) in [4.78, 5) is 122. The number of rotatable bonds is 30. The van der Waals surface area contributed by atoms with Crippen LogP contribution in [0.4, 0.5) is 43.9 Å². The van der Waals surface area contributed by atoms with E-state index >= 15 is 13.2 Å². The van der Waals surface area contributed by atoms with Crippen molar-refractivity contribution in [1.82, 2.24) is 56.5 Å². The molecule has 12 aromatic rings. The number of hydrogen-bond acceptors (Lipinski definition) is 24. The first-order valence-electron chi connectivity index (χ1n) is 45.4. The molecule has 16 rings (SSSR count). The predicted octanol–water partition coefficient (Wildman–Crippen LogP) is 15.7. The monoisotopic (exact) mass is 2060 g/mol. The van der Waals surface area contributed by atoms with Gasteiger partial charge in [0.25, 0.3) is 12.9 Å². The summed E-state index contributed by atoms with van der Waals surface area (Å²) in [5, 5.41) is 0. The van der Waals surface area contributed by atoms with Crippen molar-refractivity contribution in [3.63, 3.8) is 0 Å². The zero-order valence-corrected chi connectivity index (χ0v) is 83.2. The van der Waals surface area contributed by atoms with Gasteiger partial charge in [0.05, 0.1) is 137 Å². The fourth-order valence-electron chi connectivity index (χ4n) is 18.4. The average molecular weight is 2070 g/mol. The molecule has 0 aliphatic carbocycles. The van der Waals surface area contributed by atoms with Crippen molar-refractivity contribution < 1.29 is 116 Å². The number of fused-ring (bicyclic) bond motifs is 4. The Labute approximate surface area is 808 Å². The zero-order chi connectivity index (χ0) is 104. The van der Waals surface area contributed by atoms with E-state index in [9.17, 15) is 103 Å². The molecule has 0 radical (unpaired) electrons. The summed E-state index contributed by atoms with van der Waals surface area (Å²) < 4.78 is 263. The molecule has 46 heteroatoms. The maximum absolute atomic E-state index is 15.3. The van der Waals surface area contributed by atoms with E-state index in [1.54, 1.807) is 85.1 Å². The minimum Gasteiger partial charge on any atom is -0.487 e. The van der Waals surface area contributed by atoms with Gasteiger partial charge < -0.3 is 18.9 Å². The molecule has 32 nitrogen and oxygen atoms in total. The third kappa shape index (κ3) is 23.4. The van der Waals surface area contributed by atoms with Gasteiger partial charge in [-0.2, -0.15) is 0 Å². The highest BCUT2D eigenvalue weighted by Gasteiger charge is 2.48. The lowest BCUT2D eigenvalue weighted by molar-refractivity contribution is 0.0806. The van der Waals surface area contributed by atoms with Crippen molar-refractivity contribution >= 4 is 107 Å². The molecule has 4 aliphatic heterocycles. The number of halogens is 10. The summed E-state index contributed by atoms with van der Waals surface area (Å²) in [5.41, 5.74) is -3.50. The fraction of sp³-hybridized carbons (Fsp3) is 0.458. The summed E-state index contributed by atoms with van der Waals surface area (Å²) in [6, 6.07) is 18.3. The number of ether oxygens (including phenoxy) is 4. The Kier molecular flexibility index (Phi) is 30.9. The Morgan fingerprint density at radius 1 is 0.366 bits per heavy atom. The van der Waals surface area contributed by atoms with E-state index in [1.165, 1.54) is 79.2 Å². The Morgan fingerprint density at radius 2 is 0.690 bits per heavy atom. The standard InChI is InChI=1S/C25H28F3N3O5S.C25H29F2N3O5S.C23H24F3N3O5S.C23H25F2N3O5S/c1-15(2)30-19-11-17(21(32)13-25(3)5-8-37(34,35)9-6-25)18(26)12-20(19)31(24(30)33)23-10-16(4-7-29-23)36-14-22(27)28;1-16(2)29-20-12-17(21(31)14-25(3)7-10-36(33,34)11-8-25)4-5-19(20)30(24(29)32)23-13-18(6-9-28-23)35-15-22(26)27;1-12(2)28-18-5-14(20(30)8-23(4)10-35(32,33)11-23)15(25)6-19(18)29(22(28)31)17-7-21(34-13(3)24)27-9-16(17)26;1-5-33-21-8-17(16(25)10-26-21)28-19-7-15(24)14(6-18(19)27(13(2)3)22(28)30)20(29)9-23(4)11-34(31,32)12-23/h4,7,10-12,15,22H,5-6,8-9,13-14H2,1-3H3;4-6,9,12-13,16,22H,7-8,10-11,14-15H2,1-3H3;5-7,9,12-13H,8,10-11H2,1-4H3;6-8,10,13H,5,9,11-12H2,1-4H3. The van der Waals surface area contributed by atoms with Crippen LogP contribution in [-0.4, -0.2) is 198 Å². The van der Waals surface area contributed by atoms with Crippen LogP contribution in [-0.2, 0) is 39.3 Å². The first-order valence-corrected chi connectivity index (χ1v) is 52.7. The molecule has 8 aromatic heterocycles. The van der Waals surface area contributed by atoms with Gasteiger partial charge in [0.1, 0.15) is 73.5 Å². The minimum absolute atomic E-state index is 0.0128. The number of carbonyl (C=O) groups excluding carboxylic acids is 4. The van der Waals surface area contributed by atoms with E-state index in [0.717, 1.165) is 57.3 Å². The molecule has 142 heavy (non-hydrogen) atoms. The Bertz CT molecular complexity index is 7700. The molecule has 12 heterocycles. The molecular formula is C96H106F10N12O20S4. The summed E-state index contributed by atoms with van der Waals surface area (Å²) in [6.45, 7) is 22.7. The van der Waals surface area contributed by atoms with Crippen molar-refractivity contribution in [2.24, 2.45) is 21.7 Å². The fourth-order valence-corrected chi connectivity index (χ4v) is 26.5. The van der Waals surface area contributed by atoms with E-state index in [-0.39, 0.29) is 198 Å². The van der Waals surface area contributed by atoms with Crippen LogP contribution in [0.5, 0.6) is 23.3 Å². The van der Waals surface area contributed by atoms with Crippen molar-refractivity contribution in [2.45, 2.75) is 192 Å². The number of carbonyl (C=O) groups is 4. The second-order valence-electron chi connectivity index (χ2n) is 38.6. The van der Waals surface area contributed by atoms with E-state index < -0.39 is 163 Å². The number of nitrogens with zero attached hydrogens (tertiary/aromatic N) is 12. The zero-order valence-electron chi connectivity index (χ0n) is 79.9. The van der Waals surface area contributed by atoms with Crippen LogP contribution in [0.25, 0.3) is 67.1 Å². The van der Waals surface area contributed by atoms with E-state index in [1.807, 2.05) is 27.7 Å². The van der Waals surface area contributed by atoms with E-state index in [0.29, 0.717) is 47.8 Å². The van der Waals surface area contributed by atoms with Gasteiger partial charge in [-0.25, -0.2) is 126 Å². The van der Waals surface area contributed by atoms with Gasteiger partial charge in [-0.05, 0) is 147 Å². The van der Waals surface area contributed by atoms with Crippen LogP contribution in [0.15, 0.2) is 135 Å². The second-order valence-corrected chi connectivity index (χ2v) is 47.4. The SMILES string of the molecule is CC(C)n1c(=O)n(-c2cc(OCC(F)F)ccn2)c2cc(F)c(C(=O)CC3(C)CCS(=O)(=O)CC3)cc21.CC(C)n1c(=O)n(-c2cc(OCC(F)F)ccn2)c2ccc(C(=O)CC3(C)CCS(=O)(=O)CC3)cc21.CC(F)Oc1cc(-n2c(=O)n(C(C)C)c3cc(C(=O)CC4(C)CS(=O)(=O)C4)c(F)cc32)c(F)cn1.CCOc1cc(-n2c(=O)n(C(C)C)c3cc(C(=O)CC4(C)CS(=O)(=O)C4)c(F)cc32)c(F)cn1. The number of benzene rings is 4. The van der Waals surface area contributed by atoms with Gasteiger partial charge in [0.2, 0.25) is 18.1 Å². The first kappa shape index (κ1) is 107. The highest BCUT2D eigenvalue weighted by atomic mass is 32.2. The number of hydrogen-bond donors (Lipinski definition) is 0. The molecule has 4 saturated heterocycles. The highest BCUT2D eigenvalue weighted by Crippen LogP contribution is 2.43. The number of aromatic nitrogens is 12. The van der Waals surface area contributed by atoms with Crippen LogP contribution < -0.4 is 41.7 Å². The largest absolute Gasteiger partial charge is 0.487 e. The Morgan fingerprint density at radius 3 is 1.04 bits per heavy atom. The molecule has 0 spiro atoms. The third-order valence-electron chi connectivity index (χ3n) is 25.1. The Hall–Kier alpha value is -12.5. The minimum atomic E-state index is -3.20. The first-order chi connectivity index (χ1) is 66.3. The van der Waals surface area contributed by atoms with Gasteiger partial charge in [-0.15, -0.1) is 0 Å². The predicted molar refractivity (Wildman–Crippen MR) is 509 cm³/mol. The highest BCUT2D eigenvalue weighted by molar-refractivity contribution is 7.93. The number of alkyl halides is 5. The lowest BCUT2D eigenvalue weighted by Gasteiger charge is -2.37. The van der Waals surface area contributed by atoms with Crippen molar-refractivity contribution in [1.29, 1.82) is 0 Å². The quantitative estimate of drug-likeness (QED) is 0.0298. The smallest absolute Gasteiger partial charge is 0.335 e. The molecule has 764 valence electrons. The maximum Gasteiger partial charge on any atom is 0.335 e. The normalized spacial score (nSPS) is 17.0. The number of ketones is 4. The molecule has 0 amide bonds. The van der Waals surface area contributed by atoms with Gasteiger partial charge >= 0.3 is 22.8 Å². The third-order valence-corrected chi connectivity index (χ3v) is 32.9. The maximum atomic E-state index is 15.3. The van der Waals surface area contributed by atoms with Crippen LogP contribution >= 0.6 is 0 Å². The van der Waals surface area contributed by atoms with Crippen LogP contribution in [0, 0.1) is 50.7 Å². The molecule has 0 N–H and O–H groups in total. The summed E-state index contributed by atoms with van der Waals surface area (Å²) in [7, 11) is -12.5. The summed E-state index contributed by atoms with van der Waals surface area (Å²) in [6.07, 6.45) is -1.34. The molecular weight excluding hydrogens is 1960 g/mol. The van der Waals surface area contributed by atoms with Crippen molar-refractivity contribution in [3.05, 3.63) is 209 Å². The van der Waals surface area contributed by atoms with Crippen molar-refractivity contribution in [3.8, 4) is 46.3 Å². The van der Waals surface area contributed by atoms with Crippen molar-refractivity contribution in [2.75, 3.05) is 65.8 Å².